The van der Waals surface area contributed by atoms with E-state index in [1.807, 2.05) is 0 Å². The first kappa shape index (κ1) is 9.98. The third-order valence-corrected chi connectivity index (χ3v) is 0.639. The summed E-state index contributed by atoms with van der Waals surface area (Å²) in [7, 11) is 0. The summed E-state index contributed by atoms with van der Waals surface area (Å²) in [5.41, 5.74) is 0. The van der Waals surface area contributed by atoms with Crippen molar-refractivity contribution in [3.63, 3.8) is 0 Å². The van der Waals surface area contributed by atoms with Crippen LogP contribution in [-0.4, -0.2) is 68.1 Å². The number of rotatable bonds is 0. The molecular weight excluding hydrogens is 167 g/mol. The minimum Gasteiger partial charge on any atom is -0.358 e. The van der Waals surface area contributed by atoms with E-state index in [2.05, 4.69) is 15.4 Å². The van der Waals surface area contributed by atoms with Crippen molar-refractivity contribution in [2.24, 2.45) is 15.4 Å². The molecule has 0 saturated carbocycles. The first-order valence-electron chi connectivity index (χ1n) is 1.89. The van der Waals surface area contributed by atoms with E-state index in [0.29, 0.717) is 0 Å². The van der Waals surface area contributed by atoms with Crippen molar-refractivity contribution in [1.82, 2.24) is 0 Å². The Morgan fingerprint density at radius 1 is 1.50 bits per heavy atom. The minimum absolute atomic E-state index is 0. The Balaban J connectivity index is 0.000000810. The number of amidine groups is 1. The van der Waals surface area contributed by atoms with Gasteiger partial charge in [-0.3, -0.25) is 4.79 Å². The van der Waals surface area contributed by atoms with E-state index in [0.717, 1.165) is 0 Å². The van der Waals surface area contributed by atoms with E-state index in [1.54, 1.807) is 0 Å². The van der Waals surface area contributed by atoms with Gasteiger partial charge in [-0.25, -0.2) is 0 Å². The minimum atomic E-state index is -1.000. The molecule has 0 atom stereocenters. The van der Waals surface area contributed by atoms with E-state index in [9.17, 15) is 14.9 Å². The Morgan fingerprint density at radius 3 is 2.30 bits per heavy atom. The quantitative estimate of drug-likeness (QED) is 0.268. The Kier molecular flexibility index (Phi) is 3.97. The van der Waals surface area contributed by atoms with Gasteiger partial charge in [0, 0.05) is 51.4 Å². The van der Waals surface area contributed by atoms with Crippen molar-refractivity contribution < 1.29 is 9.72 Å². The summed E-state index contributed by atoms with van der Waals surface area (Å²) in [5.74, 6) is -1.82. The molecule has 1 aliphatic heterocycles. The van der Waals surface area contributed by atoms with Crippen molar-refractivity contribution >= 4 is 63.1 Å². The predicted octanol–water partition coefficient (Wildman–Crippen LogP) is -0.812. The SMILES string of the molecule is O=C1N=NN=C1[N+](=O)[O-].[K]. The fourth-order valence-electron chi connectivity index (χ4n) is 0.307. The van der Waals surface area contributed by atoms with Crippen LogP contribution in [0.5, 0.6) is 0 Å². The van der Waals surface area contributed by atoms with Crippen LogP contribution in [0.2, 0.25) is 0 Å². The standard InChI is InChI=1S/C2N4O3.K/c7-2-1(6(8)9)3-5-4-2;. The molecule has 0 fully saturated rings. The third-order valence-electron chi connectivity index (χ3n) is 0.639. The molecule has 47 valence electrons. The fourth-order valence-corrected chi connectivity index (χ4v) is 0.307. The van der Waals surface area contributed by atoms with Crippen LogP contribution in [0.1, 0.15) is 0 Å². The zero-order valence-electron chi connectivity index (χ0n) is 5.01. The van der Waals surface area contributed by atoms with Crippen molar-refractivity contribution in [3.05, 3.63) is 10.1 Å². The molecule has 0 N–H and O–H groups in total. The number of hydrogen-bond acceptors (Lipinski definition) is 5. The summed E-state index contributed by atoms with van der Waals surface area (Å²) in [5, 5.41) is 18.2. The van der Waals surface area contributed by atoms with Gasteiger partial charge in [0.2, 0.25) is 0 Å². The summed E-state index contributed by atoms with van der Waals surface area (Å²) < 4.78 is 0. The molecule has 0 spiro atoms. The number of nitro groups is 1. The molecular formula is C2KN4O3. The summed E-state index contributed by atoms with van der Waals surface area (Å²) in [6.07, 6.45) is 0. The van der Waals surface area contributed by atoms with Gasteiger partial charge in [-0.2, -0.15) is 0 Å². The summed E-state index contributed by atoms with van der Waals surface area (Å²) in [6, 6.07) is 0. The molecule has 1 aliphatic rings. The largest absolute Gasteiger partial charge is 0.461 e. The van der Waals surface area contributed by atoms with Gasteiger partial charge in [-0.1, -0.05) is 5.11 Å². The second-order valence-electron chi connectivity index (χ2n) is 1.18. The molecule has 1 heterocycles. The molecule has 1 rings (SSSR count). The zero-order chi connectivity index (χ0) is 6.85. The molecule has 0 aromatic carbocycles. The Hall–Kier alpha value is -0.0236. The predicted molar refractivity (Wildman–Crippen MR) is 30.0 cm³/mol. The number of amides is 1. The number of carbonyl (C=O) groups excluding carboxylic acids is 1. The summed E-state index contributed by atoms with van der Waals surface area (Å²) >= 11 is 0. The van der Waals surface area contributed by atoms with Gasteiger partial charge >= 0.3 is 11.7 Å². The molecule has 1 amide bonds. The molecule has 0 aliphatic carbocycles. The average molecular weight is 167 g/mol. The van der Waals surface area contributed by atoms with Crippen LogP contribution >= 0.6 is 0 Å². The normalized spacial score (nSPS) is 14.4. The van der Waals surface area contributed by atoms with Gasteiger partial charge in [-0.05, 0) is 4.92 Å². The van der Waals surface area contributed by atoms with Gasteiger partial charge < -0.3 is 10.1 Å². The van der Waals surface area contributed by atoms with Crippen LogP contribution in [0.15, 0.2) is 15.4 Å². The first-order chi connectivity index (χ1) is 4.22. The van der Waals surface area contributed by atoms with Crippen LogP contribution in [0.4, 0.5) is 0 Å². The van der Waals surface area contributed by atoms with Crippen molar-refractivity contribution in [3.8, 4) is 0 Å². The van der Waals surface area contributed by atoms with Crippen molar-refractivity contribution in [2.75, 3.05) is 0 Å². The van der Waals surface area contributed by atoms with Crippen LogP contribution in [0, 0.1) is 10.1 Å². The third kappa shape index (κ3) is 1.99. The topological polar surface area (TPSA) is 97.3 Å². The van der Waals surface area contributed by atoms with E-state index in [4.69, 9.17) is 0 Å². The first-order valence-corrected chi connectivity index (χ1v) is 1.89. The van der Waals surface area contributed by atoms with E-state index < -0.39 is 16.7 Å². The molecule has 1 radical (unpaired) electrons. The van der Waals surface area contributed by atoms with Crippen LogP contribution in [0.25, 0.3) is 0 Å². The molecule has 0 aromatic rings. The average Bonchev–Trinajstić information content (AvgIpc) is 2.13. The molecule has 0 bridgehead atoms. The molecule has 0 aromatic heterocycles. The second kappa shape index (κ2) is 3.98. The van der Waals surface area contributed by atoms with Crippen molar-refractivity contribution in [1.29, 1.82) is 0 Å². The van der Waals surface area contributed by atoms with Gasteiger partial charge in [0.05, 0.1) is 5.22 Å². The van der Waals surface area contributed by atoms with Gasteiger partial charge in [0.25, 0.3) is 0 Å². The van der Waals surface area contributed by atoms with Crippen LogP contribution in [-0.2, 0) is 4.79 Å². The Labute approximate surface area is 97.1 Å². The van der Waals surface area contributed by atoms with Crippen LogP contribution in [0.3, 0.4) is 0 Å². The maximum atomic E-state index is 10.2. The maximum Gasteiger partial charge on any atom is 0.461 e. The van der Waals surface area contributed by atoms with Gasteiger partial charge in [-0.15, -0.1) is 0 Å². The van der Waals surface area contributed by atoms with Crippen molar-refractivity contribution in [2.45, 2.75) is 0 Å². The van der Waals surface area contributed by atoms with Gasteiger partial charge in [0.1, 0.15) is 5.10 Å². The summed E-state index contributed by atoms with van der Waals surface area (Å²) in [4.78, 5) is 19.0. The van der Waals surface area contributed by atoms with Gasteiger partial charge in [0.15, 0.2) is 0 Å². The number of hydrogen-bond donors (Lipinski definition) is 0. The number of nitrogens with zero attached hydrogens (tertiary/aromatic N) is 4. The molecule has 0 saturated heterocycles. The molecule has 7 nitrogen and oxygen atoms in total. The van der Waals surface area contributed by atoms with E-state index in [1.165, 1.54) is 0 Å². The second-order valence-corrected chi connectivity index (χ2v) is 1.18. The smallest absolute Gasteiger partial charge is 0.358 e. The van der Waals surface area contributed by atoms with E-state index >= 15 is 0 Å². The fraction of sp³-hybridized carbons (Fsp3) is 0. The summed E-state index contributed by atoms with van der Waals surface area (Å²) in [6.45, 7) is 0. The molecule has 0 unspecified atom stereocenters. The van der Waals surface area contributed by atoms with E-state index in [-0.39, 0.29) is 51.4 Å². The monoisotopic (exact) mass is 167 g/mol. The Bertz CT molecular complexity index is 233. The molecule has 10 heavy (non-hydrogen) atoms. The number of carbonyl (C=O) groups is 1. The molecule has 8 heteroatoms. The Morgan fingerprint density at radius 2 is 2.10 bits per heavy atom. The van der Waals surface area contributed by atoms with Crippen LogP contribution < -0.4 is 0 Å². The zero-order valence-corrected chi connectivity index (χ0v) is 8.14. The maximum absolute atomic E-state index is 10.2.